The Morgan fingerprint density at radius 3 is 3.00 bits per heavy atom. The van der Waals surface area contributed by atoms with E-state index in [9.17, 15) is 13.6 Å². The van der Waals surface area contributed by atoms with Gasteiger partial charge in [0.15, 0.2) is 11.6 Å². The monoisotopic (exact) mass is 263 g/mol. The summed E-state index contributed by atoms with van der Waals surface area (Å²) in [5, 5.41) is 7.76. The Morgan fingerprint density at radius 1 is 1.71 bits per heavy atom. The predicted octanol–water partition coefficient (Wildman–Crippen LogP) is 0.299. The summed E-state index contributed by atoms with van der Waals surface area (Å²) >= 11 is 1.09. The van der Waals surface area contributed by atoms with Gasteiger partial charge in [-0.25, -0.2) is 13.6 Å². The van der Waals surface area contributed by atoms with Gasteiger partial charge in [-0.3, -0.25) is 4.57 Å². The van der Waals surface area contributed by atoms with Crippen molar-refractivity contribution in [3.8, 4) is 0 Å². The first kappa shape index (κ1) is 12.3. The Kier molecular flexibility index (Phi) is 3.34. The lowest BCUT2D eigenvalue weighted by Gasteiger charge is -2.12. The van der Waals surface area contributed by atoms with Gasteiger partial charge in [0.05, 0.1) is 17.2 Å². The van der Waals surface area contributed by atoms with Crippen LogP contribution in [0, 0.1) is 5.82 Å². The van der Waals surface area contributed by atoms with Crippen molar-refractivity contribution in [2.45, 2.75) is 23.2 Å². The van der Waals surface area contributed by atoms with Gasteiger partial charge in [-0.2, -0.15) is 4.98 Å². The van der Waals surface area contributed by atoms with Crippen molar-refractivity contribution in [3.63, 3.8) is 0 Å². The van der Waals surface area contributed by atoms with E-state index >= 15 is 0 Å². The van der Waals surface area contributed by atoms with Crippen molar-refractivity contribution in [1.29, 1.82) is 0 Å². The third-order valence-corrected chi connectivity index (χ3v) is 4.11. The van der Waals surface area contributed by atoms with Crippen molar-refractivity contribution in [3.05, 3.63) is 22.5 Å². The van der Waals surface area contributed by atoms with Gasteiger partial charge < -0.3 is 10.8 Å². The summed E-state index contributed by atoms with van der Waals surface area (Å²) in [6, 6.07) is 0. The van der Waals surface area contributed by atoms with Crippen LogP contribution in [-0.2, 0) is 0 Å². The zero-order valence-corrected chi connectivity index (χ0v) is 9.53. The Hall–Kier alpha value is -1.15. The van der Waals surface area contributed by atoms with Crippen molar-refractivity contribution in [2.75, 3.05) is 12.3 Å². The number of nitrogen functional groups attached to an aromatic ring is 1. The van der Waals surface area contributed by atoms with Crippen molar-refractivity contribution >= 4 is 17.6 Å². The predicted molar refractivity (Wildman–Crippen MR) is 59.9 cm³/mol. The maximum Gasteiger partial charge on any atom is 0.350 e. The molecule has 0 bridgehead atoms. The van der Waals surface area contributed by atoms with E-state index in [-0.39, 0.29) is 13.0 Å². The van der Waals surface area contributed by atoms with Crippen LogP contribution in [0.3, 0.4) is 0 Å². The number of aromatic nitrogens is 2. The molecule has 2 rings (SSSR count). The molecule has 0 aliphatic carbocycles. The summed E-state index contributed by atoms with van der Waals surface area (Å²) in [5.41, 5.74) is 4.43. The summed E-state index contributed by atoms with van der Waals surface area (Å²) in [6.07, 6.45) is -0.252. The summed E-state index contributed by atoms with van der Waals surface area (Å²) in [5.74, 6) is -1.28. The van der Waals surface area contributed by atoms with Crippen LogP contribution in [0.15, 0.2) is 11.0 Å². The number of anilines is 1. The minimum Gasteiger partial charge on any atom is -0.395 e. The van der Waals surface area contributed by atoms with Crippen molar-refractivity contribution in [1.82, 2.24) is 9.55 Å². The van der Waals surface area contributed by atoms with Gasteiger partial charge in [0.1, 0.15) is 6.17 Å². The normalized spacial score (nSPS) is 28.5. The second kappa shape index (κ2) is 4.61. The van der Waals surface area contributed by atoms with Gasteiger partial charge in [0.25, 0.3) is 0 Å². The lowest BCUT2D eigenvalue weighted by Crippen LogP contribution is -2.26. The van der Waals surface area contributed by atoms with E-state index in [1.54, 1.807) is 0 Å². The first-order chi connectivity index (χ1) is 8.02. The van der Waals surface area contributed by atoms with E-state index in [2.05, 4.69) is 4.98 Å². The lowest BCUT2D eigenvalue weighted by atomic mass is 10.2. The van der Waals surface area contributed by atoms with Crippen molar-refractivity contribution in [2.24, 2.45) is 0 Å². The molecule has 2 heterocycles. The van der Waals surface area contributed by atoms with Gasteiger partial charge in [0.2, 0.25) is 0 Å². The molecule has 3 N–H and O–H groups in total. The Balaban J connectivity index is 2.30. The fourth-order valence-corrected chi connectivity index (χ4v) is 3.04. The largest absolute Gasteiger partial charge is 0.395 e. The quantitative estimate of drug-likeness (QED) is 0.802. The molecule has 1 aromatic heterocycles. The molecule has 1 aromatic rings. The van der Waals surface area contributed by atoms with Crippen LogP contribution in [0.2, 0.25) is 0 Å². The van der Waals surface area contributed by atoms with E-state index in [4.69, 9.17) is 10.8 Å². The molecule has 0 saturated carbocycles. The molecule has 1 aliphatic heterocycles. The number of alkyl halides is 1. The van der Waals surface area contributed by atoms with E-state index in [0.717, 1.165) is 22.5 Å². The summed E-state index contributed by atoms with van der Waals surface area (Å²) in [4.78, 5) is 14.8. The molecule has 5 nitrogen and oxygen atoms in total. The molecule has 0 unspecified atom stereocenters. The molecule has 1 aliphatic rings. The highest BCUT2D eigenvalue weighted by atomic mass is 32.2. The molecular formula is C9H11F2N3O2S. The Morgan fingerprint density at radius 2 is 2.41 bits per heavy atom. The van der Waals surface area contributed by atoms with Gasteiger partial charge in [-0.1, -0.05) is 0 Å². The zero-order valence-electron chi connectivity index (χ0n) is 8.72. The first-order valence-corrected chi connectivity index (χ1v) is 5.91. The number of thioether (sulfide) groups is 1. The minimum atomic E-state index is -1.22. The van der Waals surface area contributed by atoms with Crippen LogP contribution >= 0.6 is 11.8 Å². The zero-order chi connectivity index (χ0) is 12.6. The SMILES string of the molecule is Nc1nc(=O)n([C@H]2C[C@@H](F)[C@@H](CO)S2)cc1F. The van der Waals surface area contributed by atoms with Crippen molar-refractivity contribution < 1.29 is 13.9 Å². The molecule has 1 fully saturated rings. The number of nitrogens with two attached hydrogens (primary N) is 1. The molecule has 3 atom stereocenters. The lowest BCUT2D eigenvalue weighted by molar-refractivity contribution is 0.227. The van der Waals surface area contributed by atoms with Gasteiger partial charge >= 0.3 is 5.69 Å². The van der Waals surface area contributed by atoms with Crippen LogP contribution in [0.5, 0.6) is 0 Å². The molecule has 8 heteroatoms. The molecule has 0 amide bonds. The maximum absolute atomic E-state index is 13.4. The standard InChI is InChI=1S/C9H11F2N3O2S/c10-4-1-7(17-6(4)3-15)14-2-5(11)8(12)13-9(14)16/h2,4,6-7,15H,1,3H2,(H2,12,13,16)/t4-,6-,7-/m1/s1. The molecule has 17 heavy (non-hydrogen) atoms. The number of halogens is 2. The first-order valence-electron chi connectivity index (χ1n) is 4.97. The number of hydrogen-bond acceptors (Lipinski definition) is 5. The van der Waals surface area contributed by atoms with Gasteiger partial charge in [-0.15, -0.1) is 11.8 Å². The highest BCUT2D eigenvalue weighted by Gasteiger charge is 2.36. The molecule has 94 valence electrons. The number of aliphatic hydroxyl groups is 1. The fraction of sp³-hybridized carbons (Fsp3) is 0.556. The number of aliphatic hydroxyl groups excluding tert-OH is 1. The summed E-state index contributed by atoms with van der Waals surface area (Å²) < 4.78 is 27.6. The van der Waals surface area contributed by atoms with E-state index < -0.39 is 34.1 Å². The molecular weight excluding hydrogens is 252 g/mol. The smallest absolute Gasteiger partial charge is 0.350 e. The molecule has 0 aromatic carbocycles. The highest BCUT2D eigenvalue weighted by Crippen LogP contribution is 2.42. The summed E-state index contributed by atoms with van der Waals surface area (Å²) in [7, 11) is 0. The average molecular weight is 263 g/mol. The molecule has 0 radical (unpaired) electrons. The van der Waals surface area contributed by atoms with Gasteiger partial charge in [-0.05, 0) is 0 Å². The number of hydrogen-bond donors (Lipinski definition) is 2. The topological polar surface area (TPSA) is 81.1 Å². The van der Waals surface area contributed by atoms with E-state index in [0.29, 0.717) is 0 Å². The van der Waals surface area contributed by atoms with Crippen LogP contribution in [-0.4, -0.2) is 32.7 Å². The Labute approximate surface area is 99.6 Å². The third-order valence-electron chi connectivity index (χ3n) is 2.59. The van der Waals surface area contributed by atoms with Crippen LogP contribution < -0.4 is 11.4 Å². The minimum absolute atomic E-state index is 0.0425. The van der Waals surface area contributed by atoms with Crippen LogP contribution in [0.25, 0.3) is 0 Å². The molecule has 1 saturated heterocycles. The average Bonchev–Trinajstić information content (AvgIpc) is 2.65. The van der Waals surface area contributed by atoms with E-state index in [1.165, 1.54) is 0 Å². The van der Waals surface area contributed by atoms with Gasteiger partial charge in [0, 0.05) is 12.6 Å². The highest BCUT2D eigenvalue weighted by molar-refractivity contribution is 8.00. The maximum atomic E-state index is 13.4. The Bertz CT molecular complexity index is 482. The second-order valence-corrected chi connectivity index (χ2v) is 5.15. The summed E-state index contributed by atoms with van der Waals surface area (Å²) in [6.45, 7) is -0.317. The van der Waals surface area contributed by atoms with E-state index in [1.807, 2.05) is 0 Å². The number of nitrogens with zero attached hydrogens (tertiary/aromatic N) is 2. The third kappa shape index (κ3) is 2.27. The van der Waals surface area contributed by atoms with Crippen LogP contribution in [0.1, 0.15) is 11.8 Å². The van der Waals surface area contributed by atoms with Crippen LogP contribution in [0.4, 0.5) is 14.6 Å². The number of rotatable bonds is 2. The fourth-order valence-electron chi connectivity index (χ4n) is 1.69. The molecule has 0 spiro atoms. The second-order valence-electron chi connectivity index (χ2n) is 3.73.